The Kier molecular flexibility index (Phi) is 5.50. The minimum atomic E-state index is -3.76. The van der Waals surface area contributed by atoms with Crippen LogP contribution < -0.4 is 5.73 Å². The summed E-state index contributed by atoms with van der Waals surface area (Å²) in [5, 5.41) is 0. The predicted octanol–water partition coefficient (Wildman–Crippen LogP) is 1.23. The van der Waals surface area contributed by atoms with E-state index in [2.05, 4.69) is 0 Å². The molecular weight excluding hydrogens is 336 g/mol. The molecule has 0 aliphatic carbocycles. The molecule has 0 radical (unpaired) electrons. The zero-order valence-corrected chi connectivity index (χ0v) is 15.1. The van der Waals surface area contributed by atoms with Gasteiger partial charge >= 0.3 is 0 Å². The summed E-state index contributed by atoms with van der Waals surface area (Å²) in [6.45, 7) is 4.21. The van der Waals surface area contributed by atoms with Crippen molar-refractivity contribution in [2.75, 3.05) is 18.8 Å². The normalized spacial score (nSPS) is 23.8. The van der Waals surface area contributed by atoms with Gasteiger partial charge in [-0.25, -0.2) is 16.8 Å². The van der Waals surface area contributed by atoms with Crippen molar-refractivity contribution in [1.82, 2.24) is 4.31 Å². The second kappa shape index (κ2) is 6.88. The van der Waals surface area contributed by atoms with Crippen LogP contribution in [0.5, 0.6) is 0 Å². The molecule has 0 bridgehead atoms. The van der Waals surface area contributed by atoms with Crippen LogP contribution in [-0.4, -0.2) is 46.0 Å². The summed E-state index contributed by atoms with van der Waals surface area (Å²) >= 11 is 0. The lowest BCUT2D eigenvalue weighted by atomic mass is 9.93. The van der Waals surface area contributed by atoms with Gasteiger partial charge in [0.1, 0.15) is 0 Å². The van der Waals surface area contributed by atoms with Crippen molar-refractivity contribution in [3.05, 3.63) is 24.3 Å². The van der Waals surface area contributed by atoms with Crippen LogP contribution in [0.4, 0.5) is 0 Å². The van der Waals surface area contributed by atoms with Crippen LogP contribution in [0.15, 0.2) is 34.1 Å². The lowest BCUT2D eigenvalue weighted by Crippen LogP contribution is -2.51. The topological polar surface area (TPSA) is 97.5 Å². The summed E-state index contributed by atoms with van der Waals surface area (Å²) < 4.78 is 51.3. The molecule has 0 amide bonds. The van der Waals surface area contributed by atoms with E-state index in [0.29, 0.717) is 6.54 Å². The molecule has 2 atom stereocenters. The van der Waals surface area contributed by atoms with Crippen molar-refractivity contribution < 1.29 is 16.8 Å². The van der Waals surface area contributed by atoms with E-state index in [9.17, 15) is 16.8 Å². The fourth-order valence-electron chi connectivity index (χ4n) is 2.99. The van der Waals surface area contributed by atoms with Gasteiger partial charge in [0, 0.05) is 19.1 Å². The zero-order valence-electron chi connectivity index (χ0n) is 13.5. The van der Waals surface area contributed by atoms with E-state index < -0.39 is 19.9 Å². The van der Waals surface area contributed by atoms with Gasteiger partial charge in [-0.3, -0.25) is 0 Å². The molecule has 1 aliphatic heterocycles. The molecule has 1 aliphatic rings. The van der Waals surface area contributed by atoms with Crippen LogP contribution in [0.25, 0.3) is 0 Å². The van der Waals surface area contributed by atoms with Crippen LogP contribution in [0.1, 0.15) is 26.7 Å². The van der Waals surface area contributed by atoms with E-state index in [1.165, 1.54) is 35.5 Å². The molecule has 1 aromatic carbocycles. The van der Waals surface area contributed by atoms with Gasteiger partial charge in [-0.15, -0.1) is 0 Å². The lowest BCUT2D eigenvalue weighted by molar-refractivity contribution is 0.192. The summed E-state index contributed by atoms with van der Waals surface area (Å²) in [4.78, 5) is 0.0509. The predicted molar refractivity (Wildman–Crippen MR) is 89.3 cm³/mol. The number of rotatable bonds is 5. The van der Waals surface area contributed by atoms with E-state index in [1.54, 1.807) is 0 Å². The molecule has 0 saturated carbocycles. The van der Waals surface area contributed by atoms with Crippen LogP contribution >= 0.6 is 0 Å². The van der Waals surface area contributed by atoms with Gasteiger partial charge < -0.3 is 5.73 Å². The number of piperidine rings is 1. The van der Waals surface area contributed by atoms with E-state index in [4.69, 9.17) is 5.73 Å². The molecule has 2 N–H and O–H groups in total. The summed E-state index contributed by atoms with van der Waals surface area (Å²) in [6, 6.07) is 5.34. The van der Waals surface area contributed by atoms with Crippen LogP contribution in [0.3, 0.4) is 0 Å². The van der Waals surface area contributed by atoms with E-state index in [0.717, 1.165) is 12.8 Å². The van der Waals surface area contributed by atoms with Gasteiger partial charge in [0.15, 0.2) is 9.84 Å². The molecule has 6 nitrogen and oxygen atoms in total. The summed E-state index contributed by atoms with van der Waals surface area (Å²) in [5.41, 5.74) is 5.78. The van der Waals surface area contributed by atoms with Gasteiger partial charge in [0.05, 0.1) is 15.5 Å². The smallest absolute Gasteiger partial charge is 0.243 e. The van der Waals surface area contributed by atoms with Crippen LogP contribution in [0.2, 0.25) is 0 Å². The highest BCUT2D eigenvalue weighted by atomic mass is 32.2. The van der Waals surface area contributed by atoms with Crippen molar-refractivity contribution in [2.45, 2.75) is 42.5 Å². The number of sulfonamides is 1. The van der Waals surface area contributed by atoms with Crippen LogP contribution in [0, 0.1) is 5.92 Å². The highest BCUT2D eigenvalue weighted by Crippen LogP contribution is 2.29. The van der Waals surface area contributed by atoms with Crippen molar-refractivity contribution in [3.63, 3.8) is 0 Å². The first-order chi connectivity index (χ1) is 10.7. The van der Waals surface area contributed by atoms with Crippen molar-refractivity contribution >= 4 is 19.9 Å². The third-order valence-corrected chi connectivity index (χ3v) is 8.11. The average molecular weight is 361 g/mol. The third kappa shape index (κ3) is 3.60. The first-order valence-electron chi connectivity index (χ1n) is 7.78. The monoisotopic (exact) mass is 360 g/mol. The molecule has 130 valence electrons. The maximum absolute atomic E-state index is 12.9. The number of nitrogens with zero attached hydrogens (tertiary/aromatic N) is 1. The number of nitrogens with two attached hydrogens (primary N) is 1. The summed E-state index contributed by atoms with van der Waals surface area (Å²) in [7, 11) is -7.21. The van der Waals surface area contributed by atoms with E-state index in [-0.39, 0.29) is 34.0 Å². The summed E-state index contributed by atoms with van der Waals surface area (Å²) in [5.74, 6) is 0.119. The molecule has 0 aromatic heterocycles. The Bertz CT molecular complexity index is 759. The highest BCUT2D eigenvalue weighted by Gasteiger charge is 2.36. The number of hydrogen-bond acceptors (Lipinski definition) is 5. The Morgan fingerprint density at radius 3 is 2.48 bits per heavy atom. The fraction of sp³-hybridized carbons (Fsp3) is 0.600. The van der Waals surface area contributed by atoms with Gasteiger partial charge in [0.2, 0.25) is 10.0 Å². The van der Waals surface area contributed by atoms with Gasteiger partial charge in [-0.05, 0) is 37.0 Å². The SMILES string of the molecule is CCS(=O)(=O)c1cccc(S(=O)(=O)N2CCC[C@H](C)[C@H]2CN)c1. The van der Waals surface area contributed by atoms with Crippen molar-refractivity contribution in [2.24, 2.45) is 11.7 Å². The molecule has 23 heavy (non-hydrogen) atoms. The second-order valence-corrected chi connectivity index (χ2v) is 10.1. The van der Waals surface area contributed by atoms with Crippen molar-refractivity contribution in [3.8, 4) is 0 Å². The molecule has 1 aromatic rings. The zero-order chi connectivity index (χ0) is 17.3. The minimum Gasteiger partial charge on any atom is -0.329 e. The maximum atomic E-state index is 12.9. The molecule has 8 heteroatoms. The van der Waals surface area contributed by atoms with Gasteiger partial charge in [0.25, 0.3) is 0 Å². The number of sulfone groups is 1. The fourth-order valence-corrected chi connectivity index (χ4v) is 5.81. The Hall–Kier alpha value is -0.960. The maximum Gasteiger partial charge on any atom is 0.243 e. The average Bonchev–Trinajstić information content (AvgIpc) is 2.54. The van der Waals surface area contributed by atoms with E-state index >= 15 is 0 Å². The van der Waals surface area contributed by atoms with Gasteiger partial charge in [-0.1, -0.05) is 19.9 Å². The minimum absolute atomic E-state index is 0.0135. The molecule has 0 spiro atoms. The Morgan fingerprint density at radius 2 is 1.87 bits per heavy atom. The molecule has 1 fully saturated rings. The van der Waals surface area contributed by atoms with E-state index in [1.807, 2.05) is 6.92 Å². The highest BCUT2D eigenvalue weighted by molar-refractivity contribution is 7.91. The number of benzene rings is 1. The Morgan fingerprint density at radius 1 is 1.22 bits per heavy atom. The first-order valence-corrected chi connectivity index (χ1v) is 10.9. The lowest BCUT2D eigenvalue weighted by Gasteiger charge is -2.38. The Balaban J connectivity index is 2.46. The molecular formula is C15H24N2O4S2. The first kappa shape index (κ1) is 18.4. The third-order valence-electron chi connectivity index (χ3n) is 4.46. The molecule has 1 heterocycles. The standard InChI is InChI=1S/C15H24N2O4S2/c1-3-22(18,19)13-7-4-8-14(10-13)23(20,21)17-9-5-6-12(2)15(17)11-16/h4,7-8,10,12,15H,3,5-6,9,11,16H2,1-2H3/t12-,15+/m0/s1. The quantitative estimate of drug-likeness (QED) is 0.852. The second-order valence-electron chi connectivity index (χ2n) is 5.92. The molecule has 1 saturated heterocycles. The van der Waals surface area contributed by atoms with Crippen molar-refractivity contribution in [1.29, 1.82) is 0 Å². The van der Waals surface area contributed by atoms with Gasteiger partial charge in [-0.2, -0.15) is 4.31 Å². The Labute approximate surface area is 138 Å². The largest absolute Gasteiger partial charge is 0.329 e. The number of hydrogen-bond donors (Lipinski definition) is 1. The molecule has 0 unspecified atom stereocenters. The van der Waals surface area contributed by atoms with Crippen LogP contribution in [-0.2, 0) is 19.9 Å². The summed E-state index contributed by atoms with van der Waals surface area (Å²) in [6.07, 6.45) is 1.72. The molecule has 2 rings (SSSR count).